The maximum absolute atomic E-state index is 14.3. The van der Waals surface area contributed by atoms with Gasteiger partial charge in [0.2, 0.25) is 11.8 Å². The normalized spacial score (nSPS) is 12.2. The number of rotatable bonds is 20. The second-order valence-electron chi connectivity index (χ2n) is 15.6. The quantitative estimate of drug-likeness (QED) is 0.0593. The topological polar surface area (TPSA) is 101 Å². The number of unbranched alkanes of at least 4 members (excludes halogenated alkanes) is 10. The first-order valence-corrected chi connectivity index (χ1v) is 22.5. The van der Waals surface area contributed by atoms with Crippen molar-refractivity contribution in [1.82, 2.24) is 19.4 Å². The van der Waals surface area contributed by atoms with E-state index in [-0.39, 0.29) is 22.9 Å². The van der Waals surface area contributed by atoms with Gasteiger partial charge in [-0.3, -0.25) is 28.0 Å². The summed E-state index contributed by atoms with van der Waals surface area (Å²) in [6.45, 7) is 5.59. The lowest BCUT2D eigenvalue weighted by atomic mass is 9.95. The second-order valence-corrected chi connectivity index (χ2v) is 17.9. The number of hydrogen-bond donors (Lipinski definition) is 2. The zero-order chi connectivity index (χ0) is 38.8. The number of carbonyl (C=O) groups excluding carboxylic acids is 2. The van der Waals surface area contributed by atoms with E-state index in [2.05, 4.69) is 60.9 Å². The van der Waals surface area contributed by atoms with E-state index < -0.39 is 0 Å². The predicted octanol–water partition coefficient (Wildman–Crippen LogP) is 10.5. The Morgan fingerprint density at radius 2 is 0.911 bits per heavy atom. The van der Waals surface area contributed by atoms with Crippen LogP contribution in [0, 0.1) is 0 Å². The van der Waals surface area contributed by atoms with Gasteiger partial charge in [-0.2, -0.15) is 0 Å². The molecule has 0 bridgehead atoms. The van der Waals surface area contributed by atoms with Gasteiger partial charge in [-0.05, 0) is 62.1 Å². The van der Waals surface area contributed by atoms with Gasteiger partial charge in [-0.1, -0.05) is 90.2 Å². The third-order valence-corrected chi connectivity index (χ3v) is 13.8. The fraction of sp³-hybridized carbons (Fsp3) is 0.435. The molecule has 0 atom stereocenters. The molecule has 0 spiro atoms. The van der Waals surface area contributed by atoms with Crippen molar-refractivity contribution in [3.63, 3.8) is 0 Å². The molecule has 0 aliphatic heterocycles. The van der Waals surface area contributed by atoms with Gasteiger partial charge < -0.3 is 10.6 Å². The van der Waals surface area contributed by atoms with E-state index in [4.69, 9.17) is 0 Å². The molecule has 2 amide bonds. The maximum atomic E-state index is 14.3. The van der Waals surface area contributed by atoms with E-state index in [9.17, 15) is 19.2 Å². The molecule has 0 saturated carbocycles. The van der Waals surface area contributed by atoms with Crippen molar-refractivity contribution < 1.29 is 9.59 Å². The molecule has 8 aromatic rings. The van der Waals surface area contributed by atoms with Crippen LogP contribution in [0.5, 0.6) is 0 Å². The SMILES string of the molecule is CCCCCCCCC(=O)NCCc1cc2c(cc3c4ccc5c6c(ccc(c(=O)n23)c46)c(=O)n2c3cc(CCNC(=O)CCCCCCCC)sc3cc52)s1. The minimum atomic E-state index is -0.0825. The average Bonchev–Trinajstić information content (AvgIpc) is 3.95. The Balaban J connectivity index is 1.01. The summed E-state index contributed by atoms with van der Waals surface area (Å²) in [4.78, 5) is 55.7. The lowest BCUT2D eigenvalue weighted by Gasteiger charge is -2.13. The number of benzene rings is 2. The lowest BCUT2D eigenvalue weighted by Crippen LogP contribution is -2.25. The third kappa shape index (κ3) is 7.38. The fourth-order valence-electron chi connectivity index (χ4n) is 8.65. The smallest absolute Gasteiger partial charge is 0.263 e. The Labute approximate surface area is 334 Å². The van der Waals surface area contributed by atoms with Gasteiger partial charge in [0.1, 0.15) is 0 Å². The van der Waals surface area contributed by atoms with Crippen molar-refractivity contribution in [3.05, 3.63) is 79.0 Å². The first-order valence-electron chi connectivity index (χ1n) is 20.9. The summed E-state index contributed by atoms with van der Waals surface area (Å²) in [5.74, 6) is 0.224. The molecule has 2 N–H and O–H groups in total. The number of hydrogen-bond acceptors (Lipinski definition) is 6. The minimum Gasteiger partial charge on any atom is -0.356 e. The number of thiophene rings is 2. The van der Waals surface area contributed by atoms with Crippen LogP contribution in [0.25, 0.3) is 63.8 Å². The van der Waals surface area contributed by atoms with Crippen LogP contribution in [0.2, 0.25) is 0 Å². The molecule has 0 aliphatic carbocycles. The number of aromatic nitrogens is 2. The minimum absolute atomic E-state index is 0.0825. The summed E-state index contributed by atoms with van der Waals surface area (Å²) in [7, 11) is 0. The average molecular weight is 789 g/mol. The van der Waals surface area contributed by atoms with E-state index in [0.717, 1.165) is 101 Å². The maximum Gasteiger partial charge on any atom is 0.263 e. The van der Waals surface area contributed by atoms with Gasteiger partial charge in [-0.25, -0.2) is 0 Å². The Morgan fingerprint density at radius 3 is 1.34 bits per heavy atom. The first-order chi connectivity index (χ1) is 27.4. The molecule has 2 aromatic carbocycles. The van der Waals surface area contributed by atoms with Gasteiger partial charge in [0.15, 0.2) is 0 Å². The molecule has 56 heavy (non-hydrogen) atoms. The third-order valence-electron chi connectivity index (χ3n) is 11.6. The molecular formula is C46H52N4O4S2. The summed E-state index contributed by atoms with van der Waals surface area (Å²) in [5, 5.41) is 11.0. The Kier molecular flexibility index (Phi) is 11.6. The zero-order valence-electron chi connectivity index (χ0n) is 32.7. The molecule has 0 aliphatic rings. The molecule has 8 nitrogen and oxygen atoms in total. The van der Waals surface area contributed by atoms with Crippen molar-refractivity contribution in [3.8, 4) is 0 Å². The standard InChI is InChI=1S/C46H52N4O4S2/c1-3-5-7-9-11-13-15-41(51)47-23-21-29-25-37-39(55-29)27-35-31-17-18-32-36-28-40-38(26-30(56-40)22-24-48-42(52)16-14-12-10-8-6-4-2)50(36)46(54)34-20-19-33(43(31)44(32)34)45(53)49(35)37/h17-20,25-28H,3-16,21-24H2,1-2H3,(H,47,51)(H,48,52). The monoisotopic (exact) mass is 788 g/mol. The van der Waals surface area contributed by atoms with E-state index in [0.29, 0.717) is 36.7 Å². The van der Waals surface area contributed by atoms with E-state index in [1.807, 2.05) is 20.9 Å². The molecular weight excluding hydrogens is 737 g/mol. The highest BCUT2D eigenvalue weighted by Gasteiger charge is 2.22. The highest BCUT2D eigenvalue weighted by molar-refractivity contribution is 7.19. The van der Waals surface area contributed by atoms with Gasteiger partial charge in [0.05, 0.1) is 31.5 Å². The van der Waals surface area contributed by atoms with Crippen molar-refractivity contribution in [2.75, 3.05) is 13.1 Å². The van der Waals surface area contributed by atoms with Crippen molar-refractivity contribution in [2.45, 2.75) is 117 Å². The van der Waals surface area contributed by atoms with Gasteiger partial charge in [0, 0.05) is 68.0 Å². The van der Waals surface area contributed by atoms with E-state index in [1.165, 1.54) is 51.4 Å². The number of nitrogens with zero attached hydrogens (tertiary/aromatic N) is 2. The lowest BCUT2D eigenvalue weighted by molar-refractivity contribution is -0.122. The van der Waals surface area contributed by atoms with Crippen LogP contribution in [0.1, 0.15) is 113 Å². The molecule has 8 rings (SSSR count). The van der Waals surface area contributed by atoms with E-state index >= 15 is 0 Å². The van der Waals surface area contributed by atoms with Crippen LogP contribution in [0.4, 0.5) is 0 Å². The van der Waals surface area contributed by atoms with Crippen LogP contribution in [0.15, 0.2) is 58.1 Å². The summed E-state index contributed by atoms with van der Waals surface area (Å²) in [5.41, 5.74) is 3.32. The summed E-state index contributed by atoms with van der Waals surface area (Å²) in [6.07, 6.45) is 16.6. The van der Waals surface area contributed by atoms with Gasteiger partial charge in [-0.15, -0.1) is 22.7 Å². The fourth-order valence-corrected chi connectivity index (χ4v) is 10.8. The largest absolute Gasteiger partial charge is 0.356 e. The number of pyridine rings is 2. The van der Waals surface area contributed by atoms with Crippen LogP contribution in [-0.2, 0) is 22.4 Å². The first kappa shape index (κ1) is 38.3. The van der Waals surface area contributed by atoms with Gasteiger partial charge in [0.25, 0.3) is 11.1 Å². The number of amides is 2. The molecule has 292 valence electrons. The molecule has 0 saturated heterocycles. The second kappa shape index (κ2) is 16.9. The molecule has 10 heteroatoms. The Bertz CT molecular complexity index is 2600. The number of carbonyl (C=O) groups is 2. The predicted molar refractivity (Wildman–Crippen MR) is 236 cm³/mol. The van der Waals surface area contributed by atoms with Crippen molar-refractivity contribution in [2.24, 2.45) is 0 Å². The molecule has 6 heterocycles. The molecule has 0 radical (unpaired) electrons. The van der Waals surface area contributed by atoms with Crippen LogP contribution in [-0.4, -0.2) is 33.7 Å². The Morgan fingerprint density at radius 1 is 0.518 bits per heavy atom. The van der Waals surface area contributed by atoms with Crippen molar-refractivity contribution in [1.29, 1.82) is 0 Å². The van der Waals surface area contributed by atoms with Gasteiger partial charge >= 0.3 is 0 Å². The molecule has 6 aromatic heterocycles. The number of fused-ring (bicyclic) bond motifs is 8. The highest BCUT2D eigenvalue weighted by Crippen LogP contribution is 2.40. The zero-order valence-corrected chi connectivity index (χ0v) is 34.3. The highest BCUT2D eigenvalue weighted by atomic mass is 32.1. The Hall–Kier alpha value is -4.54. The molecule has 0 unspecified atom stereocenters. The summed E-state index contributed by atoms with van der Waals surface area (Å²) < 4.78 is 5.73. The van der Waals surface area contributed by atoms with Crippen LogP contribution < -0.4 is 21.8 Å². The van der Waals surface area contributed by atoms with Crippen molar-refractivity contribution >= 4 is 98.3 Å². The summed E-state index contributed by atoms with van der Waals surface area (Å²) in [6, 6.07) is 16.3. The van der Waals surface area contributed by atoms with E-state index in [1.54, 1.807) is 22.7 Å². The molecule has 0 fully saturated rings. The summed E-state index contributed by atoms with van der Waals surface area (Å²) >= 11 is 3.34. The van der Waals surface area contributed by atoms with Crippen LogP contribution in [0.3, 0.4) is 0 Å². The number of nitrogens with one attached hydrogen (secondary N) is 2. The van der Waals surface area contributed by atoms with Crippen LogP contribution >= 0.6 is 22.7 Å².